The highest BCUT2D eigenvalue weighted by Gasteiger charge is 2.64. The van der Waals surface area contributed by atoms with Crippen LogP contribution in [-0.2, 0) is 15.1 Å². The molecule has 2 heterocycles. The molecule has 2 atom stereocenters. The Hall–Kier alpha value is -2.45. The Balaban J connectivity index is 1.62. The van der Waals surface area contributed by atoms with Crippen LogP contribution in [0.4, 0.5) is 17.6 Å². The Labute approximate surface area is 197 Å². The highest BCUT2D eigenvalue weighted by Crippen LogP contribution is 2.51. The topological polar surface area (TPSA) is 41.6 Å². The number of piperidine rings is 2. The highest BCUT2D eigenvalue weighted by atomic mass is 19.4. The lowest BCUT2D eigenvalue weighted by Gasteiger charge is -2.51. The molecule has 1 unspecified atom stereocenters. The third-order valence-electron chi connectivity index (χ3n) is 7.74. The number of amides is 1. The third-order valence-corrected chi connectivity index (χ3v) is 7.74. The van der Waals surface area contributed by atoms with Gasteiger partial charge in [0.2, 0.25) is 0 Å². The zero-order valence-corrected chi connectivity index (χ0v) is 19.4. The summed E-state index contributed by atoms with van der Waals surface area (Å²) in [5.41, 5.74) is -2.05. The lowest BCUT2D eigenvalue weighted by Crippen LogP contribution is -2.59. The van der Waals surface area contributed by atoms with Gasteiger partial charge in [0.1, 0.15) is 5.82 Å². The average molecular weight is 479 g/mol. The summed E-state index contributed by atoms with van der Waals surface area (Å²) in [7, 11) is 0.924. The van der Waals surface area contributed by atoms with Crippen molar-refractivity contribution in [2.75, 3.05) is 33.3 Å². The Morgan fingerprint density at radius 1 is 1.06 bits per heavy atom. The molecule has 184 valence electrons. The smallest absolute Gasteiger partial charge is 0.356 e. The van der Waals surface area contributed by atoms with Crippen molar-refractivity contribution in [1.82, 2.24) is 10.2 Å². The fraction of sp³-hybridized carbons (Fsp3) is 0.500. The molecule has 1 amide bonds. The van der Waals surface area contributed by atoms with E-state index in [0.29, 0.717) is 24.9 Å². The molecule has 4 nitrogen and oxygen atoms in total. The molecule has 0 radical (unpaired) electrons. The summed E-state index contributed by atoms with van der Waals surface area (Å²) < 4.78 is 62.9. The molecule has 0 aliphatic carbocycles. The van der Waals surface area contributed by atoms with E-state index in [1.807, 2.05) is 13.0 Å². The summed E-state index contributed by atoms with van der Waals surface area (Å²) in [4.78, 5) is 14.7. The Kier molecular flexibility index (Phi) is 6.75. The van der Waals surface area contributed by atoms with E-state index in [4.69, 9.17) is 4.74 Å². The van der Waals surface area contributed by atoms with Gasteiger partial charge in [-0.05, 0) is 55.3 Å². The minimum Gasteiger partial charge on any atom is -0.356 e. The van der Waals surface area contributed by atoms with E-state index < -0.39 is 17.7 Å². The first-order chi connectivity index (χ1) is 16.2. The van der Waals surface area contributed by atoms with Crippen molar-refractivity contribution in [1.29, 1.82) is 0 Å². The van der Waals surface area contributed by atoms with E-state index in [1.54, 1.807) is 12.1 Å². The number of likely N-dealkylation sites (tertiary alicyclic amines) is 1. The van der Waals surface area contributed by atoms with Crippen LogP contribution < -0.4 is 5.32 Å². The van der Waals surface area contributed by atoms with Gasteiger partial charge in [-0.3, -0.25) is 4.79 Å². The fourth-order valence-electron chi connectivity index (χ4n) is 5.85. The first-order valence-electron chi connectivity index (χ1n) is 11.6. The van der Waals surface area contributed by atoms with Gasteiger partial charge in [0, 0.05) is 38.2 Å². The number of benzene rings is 2. The number of halogens is 4. The van der Waals surface area contributed by atoms with Gasteiger partial charge in [-0.1, -0.05) is 42.5 Å². The van der Waals surface area contributed by atoms with E-state index in [0.717, 1.165) is 25.6 Å². The number of rotatable bonds is 4. The second-order valence-corrected chi connectivity index (χ2v) is 9.38. The summed E-state index contributed by atoms with van der Waals surface area (Å²) in [5, 5.41) is 3.35. The van der Waals surface area contributed by atoms with E-state index in [2.05, 4.69) is 5.32 Å². The van der Waals surface area contributed by atoms with Gasteiger partial charge in [0.15, 0.2) is 0 Å². The molecule has 4 rings (SSSR count). The Bertz CT molecular complexity index is 999. The maximum atomic E-state index is 14.9. The van der Waals surface area contributed by atoms with Gasteiger partial charge in [-0.25, -0.2) is 4.39 Å². The number of nitrogens with zero attached hydrogens (tertiary/aromatic N) is 1. The van der Waals surface area contributed by atoms with Crippen LogP contribution in [0, 0.1) is 18.2 Å². The minimum atomic E-state index is -4.93. The number of ether oxygens (including phenoxy) is 1. The monoisotopic (exact) mass is 478 g/mol. The summed E-state index contributed by atoms with van der Waals surface area (Å²) in [6, 6.07) is 12.1. The quantitative estimate of drug-likeness (QED) is 0.634. The normalized spacial score (nSPS) is 22.4. The Morgan fingerprint density at radius 3 is 2.32 bits per heavy atom. The van der Waals surface area contributed by atoms with Crippen molar-refractivity contribution in [3.63, 3.8) is 0 Å². The molecule has 2 aromatic carbocycles. The van der Waals surface area contributed by atoms with Crippen LogP contribution in [0.1, 0.15) is 41.9 Å². The zero-order chi connectivity index (χ0) is 24.6. The molecule has 2 fully saturated rings. The summed E-state index contributed by atoms with van der Waals surface area (Å²) in [5.74, 6) is -1.47. The molecule has 2 aromatic rings. The van der Waals surface area contributed by atoms with Crippen molar-refractivity contribution in [2.45, 2.75) is 43.9 Å². The largest absolute Gasteiger partial charge is 0.430 e. The molecule has 0 aromatic heterocycles. The summed E-state index contributed by atoms with van der Waals surface area (Å²) in [6.45, 7) is 3.57. The second kappa shape index (κ2) is 9.30. The Morgan fingerprint density at radius 2 is 1.74 bits per heavy atom. The lowest BCUT2D eigenvalue weighted by atomic mass is 9.62. The van der Waals surface area contributed by atoms with E-state index in [-0.39, 0.29) is 35.8 Å². The molecule has 2 aliphatic heterocycles. The number of alkyl halides is 3. The van der Waals surface area contributed by atoms with Crippen LogP contribution in [0.15, 0.2) is 48.5 Å². The van der Waals surface area contributed by atoms with Crippen LogP contribution in [0.5, 0.6) is 0 Å². The second-order valence-electron chi connectivity index (χ2n) is 9.38. The molecule has 2 aliphatic rings. The number of carbonyl (C=O) groups is 1. The highest BCUT2D eigenvalue weighted by molar-refractivity contribution is 5.88. The molecule has 34 heavy (non-hydrogen) atoms. The van der Waals surface area contributed by atoms with Gasteiger partial charge in [-0.2, -0.15) is 13.2 Å². The van der Waals surface area contributed by atoms with Crippen molar-refractivity contribution >= 4 is 5.91 Å². The molecule has 1 spiro atoms. The molecule has 8 heteroatoms. The van der Waals surface area contributed by atoms with E-state index in [9.17, 15) is 22.4 Å². The molecule has 1 N–H and O–H groups in total. The third kappa shape index (κ3) is 4.01. The summed E-state index contributed by atoms with van der Waals surface area (Å²) >= 11 is 0. The number of methoxy groups -OCH3 is 1. The van der Waals surface area contributed by atoms with Crippen molar-refractivity contribution in [3.05, 3.63) is 71.0 Å². The minimum absolute atomic E-state index is 0.108. The predicted octanol–water partition coefficient (Wildman–Crippen LogP) is 4.92. The van der Waals surface area contributed by atoms with Crippen LogP contribution in [-0.4, -0.2) is 50.3 Å². The number of aryl methyl sites for hydroxylation is 1. The van der Waals surface area contributed by atoms with Crippen LogP contribution in [0.2, 0.25) is 0 Å². The number of hydrogen-bond donors (Lipinski definition) is 1. The van der Waals surface area contributed by atoms with Crippen molar-refractivity contribution < 1.29 is 27.1 Å². The van der Waals surface area contributed by atoms with Crippen LogP contribution >= 0.6 is 0 Å². The molecular formula is C26H30F4N2O2. The standard InChI is InChI=1S/C26H30F4N2O2/c1-18-7-6-10-21(27)22(18)20-17-31-14-11-24(20)12-15-32(16-13-24)23(33)25(34-2,26(28,29)30)19-8-4-3-5-9-19/h3-10,20,31H,11-17H2,1-2H3/t20?,25-/m1/s1. The molecule has 2 saturated heterocycles. The summed E-state index contributed by atoms with van der Waals surface area (Å²) in [6.07, 6.45) is -3.14. The number of carbonyl (C=O) groups excluding carboxylic acids is 1. The van der Waals surface area contributed by atoms with Gasteiger partial charge in [0.25, 0.3) is 11.5 Å². The SMILES string of the molecule is CO[C@@](C(=O)N1CCC2(CCNCC2c2c(C)cccc2F)CC1)(c1ccccc1)C(F)(F)F. The molecular weight excluding hydrogens is 448 g/mol. The zero-order valence-electron chi connectivity index (χ0n) is 19.4. The van der Waals surface area contributed by atoms with Gasteiger partial charge in [-0.15, -0.1) is 0 Å². The lowest BCUT2D eigenvalue weighted by molar-refractivity contribution is -0.271. The maximum Gasteiger partial charge on any atom is 0.430 e. The molecule has 0 bridgehead atoms. The van der Waals surface area contributed by atoms with Crippen molar-refractivity contribution in [2.24, 2.45) is 5.41 Å². The number of nitrogens with one attached hydrogen (secondary N) is 1. The first-order valence-corrected chi connectivity index (χ1v) is 11.6. The van der Waals surface area contributed by atoms with E-state index in [1.165, 1.54) is 35.2 Å². The van der Waals surface area contributed by atoms with Crippen molar-refractivity contribution in [3.8, 4) is 0 Å². The maximum absolute atomic E-state index is 14.9. The van der Waals surface area contributed by atoms with Crippen LogP contribution in [0.3, 0.4) is 0 Å². The molecule has 0 saturated carbocycles. The van der Waals surface area contributed by atoms with E-state index >= 15 is 0 Å². The van der Waals surface area contributed by atoms with Gasteiger partial charge < -0.3 is 15.0 Å². The fourth-order valence-corrected chi connectivity index (χ4v) is 5.85. The average Bonchev–Trinajstić information content (AvgIpc) is 2.81. The predicted molar refractivity (Wildman–Crippen MR) is 121 cm³/mol. The van der Waals surface area contributed by atoms with Gasteiger partial charge >= 0.3 is 6.18 Å². The van der Waals surface area contributed by atoms with Crippen LogP contribution in [0.25, 0.3) is 0 Å². The first kappa shape index (κ1) is 24.7. The number of hydrogen-bond acceptors (Lipinski definition) is 3. The van der Waals surface area contributed by atoms with Gasteiger partial charge in [0.05, 0.1) is 0 Å².